The maximum Gasteiger partial charge on any atom is 0.252 e. The molecular weight excluding hydrogens is 262 g/mol. The number of hydrogen-bond acceptors (Lipinski definition) is 3. The molecule has 2 rings (SSSR count). The Morgan fingerprint density at radius 1 is 1.24 bits per heavy atom. The van der Waals surface area contributed by atoms with Gasteiger partial charge in [0, 0.05) is 18.4 Å². The van der Waals surface area contributed by atoms with Gasteiger partial charge in [-0.15, -0.1) is 0 Å². The molecule has 2 N–H and O–H groups in total. The molecule has 2 aromatic rings. The van der Waals surface area contributed by atoms with E-state index in [0.717, 1.165) is 29.8 Å². The normalized spacial score (nSPS) is 10.2. The van der Waals surface area contributed by atoms with Crippen LogP contribution in [0.15, 0.2) is 42.7 Å². The number of aryl methyl sites for hydroxylation is 1. The van der Waals surface area contributed by atoms with E-state index in [0.29, 0.717) is 12.1 Å². The van der Waals surface area contributed by atoms with Gasteiger partial charge in [0.25, 0.3) is 5.91 Å². The van der Waals surface area contributed by atoms with Gasteiger partial charge in [-0.2, -0.15) is 0 Å². The third-order valence-corrected chi connectivity index (χ3v) is 3.24. The van der Waals surface area contributed by atoms with E-state index < -0.39 is 0 Å². The second kappa shape index (κ2) is 7.43. The Bertz CT molecular complexity index is 610. The summed E-state index contributed by atoms with van der Waals surface area (Å²) in [5.41, 5.74) is 3.55. The summed E-state index contributed by atoms with van der Waals surface area (Å²) in [5, 5.41) is 6.19. The number of anilines is 2. The Hall–Kier alpha value is -2.36. The second-order valence-corrected chi connectivity index (χ2v) is 5.01. The molecule has 21 heavy (non-hydrogen) atoms. The van der Waals surface area contributed by atoms with Gasteiger partial charge in [0.15, 0.2) is 0 Å². The zero-order chi connectivity index (χ0) is 15.1. The molecule has 1 aromatic carbocycles. The Kier molecular flexibility index (Phi) is 5.32. The number of hydrogen-bond donors (Lipinski definition) is 2. The minimum absolute atomic E-state index is 0.0793. The van der Waals surface area contributed by atoms with Crippen molar-refractivity contribution in [3.05, 3.63) is 53.9 Å². The molecule has 1 heterocycles. The monoisotopic (exact) mass is 283 g/mol. The molecule has 0 spiro atoms. The van der Waals surface area contributed by atoms with Gasteiger partial charge in [-0.1, -0.05) is 31.5 Å². The van der Waals surface area contributed by atoms with Gasteiger partial charge in [-0.05, 0) is 31.0 Å². The second-order valence-electron chi connectivity index (χ2n) is 5.01. The average molecular weight is 283 g/mol. The fourth-order valence-corrected chi connectivity index (χ4v) is 1.98. The Labute approximate surface area is 125 Å². The van der Waals surface area contributed by atoms with Gasteiger partial charge in [-0.25, -0.2) is 0 Å². The fraction of sp³-hybridized carbons (Fsp3) is 0.294. The Balaban J connectivity index is 2.07. The zero-order valence-electron chi connectivity index (χ0n) is 12.5. The molecule has 0 aliphatic heterocycles. The third kappa shape index (κ3) is 4.31. The number of rotatable bonds is 6. The predicted molar refractivity (Wildman–Crippen MR) is 85.9 cm³/mol. The van der Waals surface area contributed by atoms with Crippen molar-refractivity contribution in [3.63, 3.8) is 0 Å². The van der Waals surface area contributed by atoms with Crippen LogP contribution in [-0.2, 0) is 0 Å². The van der Waals surface area contributed by atoms with Crippen molar-refractivity contribution in [2.45, 2.75) is 26.7 Å². The molecule has 0 saturated heterocycles. The largest absolute Gasteiger partial charge is 0.354 e. The van der Waals surface area contributed by atoms with Crippen LogP contribution >= 0.6 is 0 Å². The van der Waals surface area contributed by atoms with E-state index in [4.69, 9.17) is 0 Å². The van der Waals surface area contributed by atoms with Crippen molar-refractivity contribution in [2.24, 2.45) is 0 Å². The fourth-order valence-electron chi connectivity index (χ4n) is 1.98. The first-order valence-electron chi connectivity index (χ1n) is 7.26. The molecule has 0 atom stereocenters. The van der Waals surface area contributed by atoms with Gasteiger partial charge in [0.1, 0.15) is 0 Å². The lowest BCUT2D eigenvalue weighted by Crippen LogP contribution is -2.24. The number of nitrogens with one attached hydrogen (secondary N) is 2. The minimum Gasteiger partial charge on any atom is -0.354 e. The van der Waals surface area contributed by atoms with Gasteiger partial charge in [0.2, 0.25) is 0 Å². The molecular formula is C17H21N3O. The molecule has 0 saturated carbocycles. The summed E-state index contributed by atoms with van der Waals surface area (Å²) in [5.74, 6) is -0.0793. The lowest BCUT2D eigenvalue weighted by molar-refractivity contribution is 0.0953. The molecule has 0 fully saturated rings. The Morgan fingerprint density at radius 3 is 2.81 bits per heavy atom. The number of carbonyl (C=O) groups excluding carboxylic acids is 1. The summed E-state index contributed by atoms with van der Waals surface area (Å²) in [6.45, 7) is 4.84. The van der Waals surface area contributed by atoms with Crippen LogP contribution in [0.2, 0.25) is 0 Å². The van der Waals surface area contributed by atoms with E-state index >= 15 is 0 Å². The predicted octanol–water partition coefficient (Wildman–Crippen LogP) is 3.66. The lowest BCUT2D eigenvalue weighted by Gasteiger charge is -2.10. The summed E-state index contributed by atoms with van der Waals surface area (Å²) in [6.07, 6.45) is 5.35. The zero-order valence-corrected chi connectivity index (χ0v) is 12.5. The minimum atomic E-state index is -0.0793. The SMILES string of the molecule is CCCCNC(=O)c1cncc(Nc2ccccc2C)c1. The highest BCUT2D eigenvalue weighted by molar-refractivity contribution is 5.94. The molecule has 0 aliphatic carbocycles. The smallest absolute Gasteiger partial charge is 0.252 e. The Morgan fingerprint density at radius 2 is 2.05 bits per heavy atom. The summed E-state index contributed by atoms with van der Waals surface area (Å²) >= 11 is 0. The van der Waals surface area contributed by atoms with E-state index in [-0.39, 0.29) is 5.91 Å². The summed E-state index contributed by atoms with van der Waals surface area (Å²) in [7, 11) is 0. The van der Waals surface area contributed by atoms with E-state index in [1.807, 2.05) is 37.3 Å². The van der Waals surface area contributed by atoms with Crippen LogP contribution in [0, 0.1) is 6.92 Å². The lowest BCUT2D eigenvalue weighted by atomic mass is 10.2. The highest BCUT2D eigenvalue weighted by atomic mass is 16.1. The number of aromatic nitrogens is 1. The van der Waals surface area contributed by atoms with Crippen LogP contribution < -0.4 is 10.6 Å². The van der Waals surface area contributed by atoms with Crippen molar-refractivity contribution in [3.8, 4) is 0 Å². The van der Waals surface area contributed by atoms with Crippen LogP contribution in [0.1, 0.15) is 35.7 Å². The molecule has 1 aromatic heterocycles. The molecule has 4 heteroatoms. The van der Waals surface area contributed by atoms with Crippen LogP contribution in [0.4, 0.5) is 11.4 Å². The topological polar surface area (TPSA) is 54.0 Å². The summed E-state index contributed by atoms with van der Waals surface area (Å²) in [6, 6.07) is 9.83. The standard InChI is InChI=1S/C17H21N3O/c1-3-4-9-19-17(21)14-10-15(12-18-11-14)20-16-8-6-5-7-13(16)2/h5-8,10-12,20H,3-4,9H2,1-2H3,(H,19,21). The van der Waals surface area contributed by atoms with Crippen molar-refractivity contribution in [1.29, 1.82) is 0 Å². The maximum atomic E-state index is 12.0. The van der Waals surface area contributed by atoms with Gasteiger partial charge in [0.05, 0.1) is 17.4 Å². The van der Waals surface area contributed by atoms with Gasteiger partial charge < -0.3 is 10.6 Å². The number of amides is 1. The molecule has 1 amide bonds. The van der Waals surface area contributed by atoms with Crippen LogP contribution in [0.3, 0.4) is 0 Å². The number of para-hydroxylation sites is 1. The maximum absolute atomic E-state index is 12.0. The van der Waals surface area contributed by atoms with Crippen LogP contribution in [0.25, 0.3) is 0 Å². The van der Waals surface area contributed by atoms with Gasteiger partial charge >= 0.3 is 0 Å². The average Bonchev–Trinajstić information content (AvgIpc) is 2.50. The first-order valence-corrected chi connectivity index (χ1v) is 7.26. The summed E-state index contributed by atoms with van der Waals surface area (Å²) < 4.78 is 0. The van der Waals surface area contributed by atoms with E-state index in [1.54, 1.807) is 12.4 Å². The highest BCUT2D eigenvalue weighted by Crippen LogP contribution is 2.20. The van der Waals surface area contributed by atoms with E-state index in [2.05, 4.69) is 22.5 Å². The first kappa shape index (κ1) is 15.0. The molecule has 0 bridgehead atoms. The summed E-state index contributed by atoms with van der Waals surface area (Å²) in [4.78, 5) is 16.1. The van der Waals surface area contributed by atoms with Crippen LogP contribution in [-0.4, -0.2) is 17.4 Å². The highest BCUT2D eigenvalue weighted by Gasteiger charge is 2.06. The molecule has 0 radical (unpaired) electrons. The number of carbonyl (C=O) groups is 1. The van der Waals surface area contributed by atoms with Crippen molar-refractivity contribution >= 4 is 17.3 Å². The molecule has 110 valence electrons. The van der Waals surface area contributed by atoms with Crippen molar-refractivity contribution in [2.75, 3.05) is 11.9 Å². The van der Waals surface area contributed by atoms with Crippen LogP contribution in [0.5, 0.6) is 0 Å². The quantitative estimate of drug-likeness (QED) is 0.795. The molecule has 0 aliphatic rings. The third-order valence-electron chi connectivity index (χ3n) is 3.24. The molecule has 4 nitrogen and oxygen atoms in total. The van der Waals surface area contributed by atoms with Crippen molar-refractivity contribution < 1.29 is 4.79 Å². The van der Waals surface area contributed by atoms with Crippen molar-refractivity contribution in [1.82, 2.24) is 10.3 Å². The number of unbranched alkanes of at least 4 members (excludes halogenated alkanes) is 1. The number of pyridine rings is 1. The van der Waals surface area contributed by atoms with E-state index in [1.165, 1.54) is 0 Å². The number of benzene rings is 1. The molecule has 0 unspecified atom stereocenters. The van der Waals surface area contributed by atoms with Gasteiger partial charge in [-0.3, -0.25) is 9.78 Å². The van der Waals surface area contributed by atoms with E-state index in [9.17, 15) is 4.79 Å². The number of nitrogens with zero attached hydrogens (tertiary/aromatic N) is 1. The first-order chi connectivity index (χ1) is 10.2.